The van der Waals surface area contributed by atoms with E-state index < -0.39 is 17.0 Å². The molecule has 1 rings (SSSR count). The number of hydrogen-bond acceptors (Lipinski definition) is 5. The average Bonchev–Trinajstić information content (AvgIpc) is 2.37. The van der Waals surface area contributed by atoms with Crippen molar-refractivity contribution in [1.82, 2.24) is 0 Å². The smallest absolute Gasteiger partial charge is 0.338 e. The van der Waals surface area contributed by atoms with Crippen LogP contribution < -0.4 is 0 Å². The van der Waals surface area contributed by atoms with Crippen molar-refractivity contribution in [2.45, 2.75) is 12.8 Å². The molecule has 0 aliphatic heterocycles. The Bertz CT molecular complexity index is 444. The fourth-order valence-electron chi connectivity index (χ4n) is 1.31. The van der Waals surface area contributed by atoms with E-state index in [9.17, 15) is 18.4 Å². The molecule has 0 saturated heterocycles. The first-order chi connectivity index (χ1) is 8.63. The number of carbonyl (C=O) groups is 2. The maximum absolute atomic E-state index is 11.5. The fraction of sp³-hybridized carbons (Fsp3) is 0.333. The van der Waals surface area contributed by atoms with Gasteiger partial charge in [-0.1, -0.05) is 23.2 Å². The standard InChI is InChI=1S/C12H14O5S/c13-9-10-4-3-5-11(8-10)12(14)17-6-1-2-7-18(15)16/h3-5,8-9H,1-2,6-7H2,(H,15,16)/p-1. The van der Waals surface area contributed by atoms with Gasteiger partial charge in [-0.3, -0.25) is 9.00 Å². The zero-order valence-electron chi connectivity index (χ0n) is 9.66. The van der Waals surface area contributed by atoms with Crippen LogP contribution in [0, 0.1) is 0 Å². The van der Waals surface area contributed by atoms with Crippen molar-refractivity contribution in [1.29, 1.82) is 0 Å². The zero-order chi connectivity index (χ0) is 13.4. The topological polar surface area (TPSA) is 83.5 Å². The van der Waals surface area contributed by atoms with E-state index in [1.165, 1.54) is 6.07 Å². The zero-order valence-corrected chi connectivity index (χ0v) is 10.5. The molecule has 6 heteroatoms. The van der Waals surface area contributed by atoms with Crippen LogP contribution in [0.2, 0.25) is 0 Å². The van der Waals surface area contributed by atoms with Crippen LogP contribution in [-0.2, 0) is 15.8 Å². The summed E-state index contributed by atoms with van der Waals surface area (Å²) in [4.78, 5) is 22.1. The summed E-state index contributed by atoms with van der Waals surface area (Å²) < 4.78 is 25.4. The predicted molar refractivity (Wildman–Crippen MR) is 65.1 cm³/mol. The quantitative estimate of drug-likeness (QED) is 0.322. The van der Waals surface area contributed by atoms with Crippen LogP contribution in [-0.4, -0.2) is 33.4 Å². The summed E-state index contributed by atoms with van der Waals surface area (Å²) in [6, 6.07) is 6.19. The highest BCUT2D eigenvalue weighted by atomic mass is 32.2. The van der Waals surface area contributed by atoms with E-state index in [1.54, 1.807) is 18.2 Å². The second-order valence-electron chi connectivity index (χ2n) is 3.59. The Morgan fingerprint density at radius 3 is 2.83 bits per heavy atom. The third-order valence-electron chi connectivity index (χ3n) is 2.20. The van der Waals surface area contributed by atoms with Gasteiger partial charge < -0.3 is 9.29 Å². The van der Waals surface area contributed by atoms with Crippen LogP contribution >= 0.6 is 0 Å². The lowest BCUT2D eigenvalue weighted by Gasteiger charge is -2.06. The molecule has 1 aromatic carbocycles. The van der Waals surface area contributed by atoms with E-state index >= 15 is 0 Å². The molecule has 1 atom stereocenters. The van der Waals surface area contributed by atoms with Gasteiger partial charge in [-0.05, 0) is 25.0 Å². The SMILES string of the molecule is O=Cc1cccc(C(=O)OCCCCS(=O)[O-])c1. The van der Waals surface area contributed by atoms with Crippen molar-refractivity contribution in [3.8, 4) is 0 Å². The maximum Gasteiger partial charge on any atom is 0.338 e. The molecule has 0 aliphatic rings. The Morgan fingerprint density at radius 1 is 1.39 bits per heavy atom. The molecule has 18 heavy (non-hydrogen) atoms. The summed E-state index contributed by atoms with van der Waals surface area (Å²) in [7, 11) is 0. The van der Waals surface area contributed by atoms with Crippen LogP contribution in [0.25, 0.3) is 0 Å². The van der Waals surface area contributed by atoms with E-state index in [-0.39, 0.29) is 12.4 Å². The molecule has 0 fully saturated rings. The summed E-state index contributed by atoms with van der Waals surface area (Å²) in [5.74, 6) is -0.444. The van der Waals surface area contributed by atoms with E-state index in [2.05, 4.69) is 0 Å². The lowest BCUT2D eigenvalue weighted by atomic mass is 10.1. The maximum atomic E-state index is 11.5. The number of hydrogen-bond donors (Lipinski definition) is 0. The van der Waals surface area contributed by atoms with Gasteiger partial charge in [-0.2, -0.15) is 0 Å². The highest BCUT2D eigenvalue weighted by Gasteiger charge is 2.07. The molecular formula is C12H13O5S-. The Morgan fingerprint density at radius 2 is 2.17 bits per heavy atom. The van der Waals surface area contributed by atoms with E-state index in [0.717, 1.165) is 0 Å². The second kappa shape index (κ2) is 7.73. The van der Waals surface area contributed by atoms with Crippen LogP contribution in [0.1, 0.15) is 33.6 Å². The van der Waals surface area contributed by atoms with Gasteiger partial charge in [0.2, 0.25) is 0 Å². The number of rotatable bonds is 7. The first-order valence-corrected chi connectivity index (χ1v) is 6.66. The second-order valence-corrected chi connectivity index (χ2v) is 4.61. The minimum Gasteiger partial charge on any atom is -0.772 e. The molecule has 98 valence electrons. The highest BCUT2D eigenvalue weighted by molar-refractivity contribution is 7.79. The van der Waals surface area contributed by atoms with Gasteiger partial charge in [0.15, 0.2) is 0 Å². The summed E-state index contributed by atoms with van der Waals surface area (Å²) in [6.45, 7) is 0.168. The number of ether oxygens (including phenoxy) is 1. The minimum absolute atomic E-state index is 0.0676. The largest absolute Gasteiger partial charge is 0.772 e. The number of unbranched alkanes of at least 4 members (excludes halogenated alkanes) is 1. The molecule has 0 aliphatic carbocycles. The Kier molecular flexibility index (Phi) is 6.24. The Balaban J connectivity index is 2.36. The Hall–Kier alpha value is -1.53. The van der Waals surface area contributed by atoms with Crippen molar-refractivity contribution in [3.05, 3.63) is 35.4 Å². The molecule has 0 amide bonds. The van der Waals surface area contributed by atoms with Crippen molar-refractivity contribution in [2.75, 3.05) is 12.4 Å². The summed E-state index contributed by atoms with van der Waals surface area (Å²) >= 11 is -2.05. The van der Waals surface area contributed by atoms with Gasteiger partial charge in [-0.15, -0.1) is 0 Å². The minimum atomic E-state index is -2.05. The molecule has 0 saturated carbocycles. The van der Waals surface area contributed by atoms with Gasteiger partial charge in [0.25, 0.3) is 0 Å². The van der Waals surface area contributed by atoms with Gasteiger partial charge in [0, 0.05) is 11.3 Å². The van der Waals surface area contributed by atoms with Gasteiger partial charge in [-0.25, -0.2) is 4.79 Å². The molecule has 0 radical (unpaired) electrons. The fourth-order valence-corrected chi connectivity index (χ4v) is 1.75. The summed E-state index contributed by atoms with van der Waals surface area (Å²) in [5, 5.41) is 0. The average molecular weight is 269 g/mol. The molecular weight excluding hydrogens is 256 g/mol. The van der Waals surface area contributed by atoms with Crippen LogP contribution in [0.5, 0.6) is 0 Å². The van der Waals surface area contributed by atoms with Crippen molar-refractivity contribution in [2.24, 2.45) is 0 Å². The van der Waals surface area contributed by atoms with Crippen LogP contribution in [0.4, 0.5) is 0 Å². The third-order valence-corrected chi connectivity index (χ3v) is 2.82. The normalized spacial score (nSPS) is 11.8. The van der Waals surface area contributed by atoms with Crippen molar-refractivity contribution < 1.29 is 23.1 Å². The lowest BCUT2D eigenvalue weighted by Crippen LogP contribution is -2.07. The monoisotopic (exact) mass is 269 g/mol. The molecule has 1 unspecified atom stereocenters. The van der Waals surface area contributed by atoms with E-state index in [0.29, 0.717) is 30.3 Å². The summed E-state index contributed by atoms with van der Waals surface area (Å²) in [6.07, 6.45) is 1.60. The predicted octanol–water partition coefficient (Wildman–Crippen LogP) is 1.32. The van der Waals surface area contributed by atoms with Crippen molar-refractivity contribution in [3.63, 3.8) is 0 Å². The number of esters is 1. The summed E-state index contributed by atoms with van der Waals surface area (Å²) in [5.41, 5.74) is 0.721. The molecule has 0 bridgehead atoms. The first kappa shape index (κ1) is 14.5. The molecule has 0 aromatic heterocycles. The van der Waals surface area contributed by atoms with Gasteiger partial charge in [0.05, 0.1) is 12.2 Å². The highest BCUT2D eigenvalue weighted by Crippen LogP contribution is 2.05. The van der Waals surface area contributed by atoms with E-state index in [1.807, 2.05) is 0 Å². The molecule has 0 spiro atoms. The van der Waals surface area contributed by atoms with E-state index in [4.69, 9.17) is 4.74 Å². The molecule has 0 heterocycles. The number of aldehydes is 1. The third kappa shape index (κ3) is 5.20. The molecule has 5 nitrogen and oxygen atoms in total. The molecule has 0 N–H and O–H groups in total. The van der Waals surface area contributed by atoms with Crippen molar-refractivity contribution >= 4 is 23.3 Å². The van der Waals surface area contributed by atoms with Crippen LogP contribution in [0.3, 0.4) is 0 Å². The van der Waals surface area contributed by atoms with Gasteiger partial charge in [0.1, 0.15) is 6.29 Å². The first-order valence-electron chi connectivity index (χ1n) is 5.41. The van der Waals surface area contributed by atoms with Gasteiger partial charge >= 0.3 is 5.97 Å². The Labute approximate surface area is 107 Å². The number of benzene rings is 1. The lowest BCUT2D eigenvalue weighted by molar-refractivity contribution is 0.0500. The van der Waals surface area contributed by atoms with Crippen LogP contribution in [0.15, 0.2) is 24.3 Å². The molecule has 1 aromatic rings. The number of carbonyl (C=O) groups excluding carboxylic acids is 2.